The van der Waals surface area contributed by atoms with Crippen LogP contribution in [0.5, 0.6) is 11.5 Å². The number of piperidine rings is 1. The molecule has 3 atom stereocenters. The topological polar surface area (TPSA) is 64.9 Å². The molecule has 1 amide bonds. The lowest BCUT2D eigenvalue weighted by Crippen LogP contribution is -3.14. The first-order valence-corrected chi connectivity index (χ1v) is 11.4. The van der Waals surface area contributed by atoms with Crippen LogP contribution in [0.2, 0.25) is 0 Å². The van der Waals surface area contributed by atoms with Gasteiger partial charge in [-0.05, 0) is 49.6 Å². The van der Waals surface area contributed by atoms with Gasteiger partial charge in [0, 0.05) is 6.42 Å². The number of hydrogen-bond acceptors (Lipinski definition) is 5. The van der Waals surface area contributed by atoms with Crippen molar-refractivity contribution in [3.05, 3.63) is 53.0 Å². The van der Waals surface area contributed by atoms with Crippen LogP contribution in [0.4, 0.5) is 0 Å². The Morgan fingerprint density at radius 3 is 3.00 bits per heavy atom. The van der Waals surface area contributed by atoms with Gasteiger partial charge in [0.2, 0.25) is 6.79 Å². The molecule has 30 heavy (non-hydrogen) atoms. The summed E-state index contributed by atoms with van der Waals surface area (Å²) in [6.07, 6.45) is 3.43. The first-order valence-electron chi connectivity index (χ1n) is 10.6. The van der Waals surface area contributed by atoms with Crippen molar-refractivity contribution in [2.24, 2.45) is 0 Å². The number of likely N-dealkylation sites (tertiary alicyclic amines) is 1. The second kappa shape index (κ2) is 8.24. The van der Waals surface area contributed by atoms with Crippen LogP contribution in [0.15, 0.2) is 42.5 Å². The molecule has 2 aromatic carbocycles. The van der Waals surface area contributed by atoms with Crippen molar-refractivity contribution in [3.63, 3.8) is 0 Å². The summed E-state index contributed by atoms with van der Waals surface area (Å²) >= 11 is 1.77. The molecule has 2 N–H and O–H groups in total. The van der Waals surface area contributed by atoms with E-state index in [1.54, 1.807) is 11.3 Å². The van der Waals surface area contributed by atoms with E-state index in [4.69, 9.17) is 14.5 Å². The van der Waals surface area contributed by atoms with Crippen molar-refractivity contribution in [1.82, 2.24) is 10.3 Å². The van der Waals surface area contributed by atoms with Crippen molar-refractivity contribution >= 4 is 27.5 Å². The SMILES string of the molecule is C[C@H](NC(=O)C[NH+]1CCCC[C@@H]1c1nc2ccccc2s1)c1ccc2c(c1)OCO2. The van der Waals surface area contributed by atoms with Gasteiger partial charge in [0.15, 0.2) is 23.1 Å². The highest BCUT2D eigenvalue weighted by Crippen LogP contribution is 2.34. The van der Waals surface area contributed by atoms with E-state index in [0.717, 1.165) is 47.0 Å². The number of thiazole rings is 1. The Labute approximate surface area is 179 Å². The van der Waals surface area contributed by atoms with E-state index in [1.165, 1.54) is 16.0 Å². The quantitative estimate of drug-likeness (QED) is 0.661. The summed E-state index contributed by atoms with van der Waals surface area (Å²) in [5.41, 5.74) is 2.08. The molecule has 2 aliphatic heterocycles. The maximum Gasteiger partial charge on any atom is 0.275 e. The second-order valence-corrected chi connectivity index (χ2v) is 9.12. The van der Waals surface area contributed by atoms with Crippen LogP contribution in [-0.4, -0.2) is 30.8 Å². The van der Waals surface area contributed by atoms with Crippen molar-refractivity contribution in [1.29, 1.82) is 0 Å². The molecule has 6 nitrogen and oxygen atoms in total. The highest BCUT2D eigenvalue weighted by atomic mass is 32.1. The van der Waals surface area contributed by atoms with E-state index >= 15 is 0 Å². The Hall–Kier alpha value is -2.64. The smallest absolute Gasteiger partial charge is 0.275 e. The van der Waals surface area contributed by atoms with Gasteiger partial charge < -0.3 is 19.7 Å². The van der Waals surface area contributed by atoms with E-state index in [-0.39, 0.29) is 18.7 Å². The van der Waals surface area contributed by atoms with Crippen LogP contribution < -0.4 is 19.7 Å². The second-order valence-electron chi connectivity index (χ2n) is 8.06. The Morgan fingerprint density at radius 1 is 1.23 bits per heavy atom. The van der Waals surface area contributed by atoms with Crippen LogP contribution in [-0.2, 0) is 4.79 Å². The number of aromatic nitrogens is 1. The lowest BCUT2D eigenvalue weighted by Gasteiger charge is -2.31. The number of amides is 1. The molecule has 1 unspecified atom stereocenters. The Bertz CT molecular complexity index is 1030. The van der Waals surface area contributed by atoms with Crippen molar-refractivity contribution in [2.75, 3.05) is 19.9 Å². The number of fused-ring (bicyclic) bond motifs is 2. The van der Waals surface area contributed by atoms with Crippen LogP contribution in [0.1, 0.15) is 48.8 Å². The molecular formula is C23H26N3O3S+. The number of hydrogen-bond donors (Lipinski definition) is 2. The number of rotatable bonds is 5. The Morgan fingerprint density at radius 2 is 2.10 bits per heavy atom. The molecule has 0 aliphatic carbocycles. The number of nitrogens with zero attached hydrogens (tertiary/aromatic N) is 1. The van der Waals surface area contributed by atoms with Crippen molar-refractivity contribution in [3.8, 4) is 11.5 Å². The van der Waals surface area contributed by atoms with Crippen molar-refractivity contribution < 1.29 is 19.2 Å². The zero-order valence-corrected chi connectivity index (χ0v) is 17.8. The number of carbonyl (C=O) groups is 1. The largest absolute Gasteiger partial charge is 0.454 e. The summed E-state index contributed by atoms with van der Waals surface area (Å²) in [4.78, 5) is 19.1. The molecule has 0 spiro atoms. The highest BCUT2D eigenvalue weighted by molar-refractivity contribution is 7.18. The minimum absolute atomic E-state index is 0.0724. The molecule has 1 aromatic heterocycles. The zero-order valence-electron chi connectivity index (χ0n) is 17.0. The predicted octanol–water partition coefficient (Wildman–Crippen LogP) is 3.01. The lowest BCUT2D eigenvalue weighted by molar-refractivity contribution is -0.929. The molecule has 3 heterocycles. The summed E-state index contributed by atoms with van der Waals surface area (Å²) in [5, 5.41) is 4.32. The van der Waals surface area contributed by atoms with Crippen LogP contribution in [0, 0.1) is 0 Å². The first-order chi connectivity index (χ1) is 14.7. The molecule has 3 aromatic rings. The molecule has 5 rings (SSSR count). The molecule has 1 fully saturated rings. The number of ether oxygens (including phenoxy) is 2. The van der Waals surface area contributed by atoms with Crippen LogP contribution >= 0.6 is 11.3 Å². The summed E-state index contributed by atoms with van der Waals surface area (Å²) in [5.74, 6) is 1.57. The molecule has 0 saturated carbocycles. The van der Waals surface area contributed by atoms with E-state index in [1.807, 2.05) is 31.2 Å². The molecule has 156 valence electrons. The standard InChI is InChI=1S/C23H25N3O3S/c1-15(16-9-10-19-20(12-16)29-14-28-19)24-22(27)13-26-11-5-4-7-18(26)23-25-17-6-2-3-8-21(17)30-23/h2-3,6,8-10,12,15,18H,4-5,7,11,13-14H2,1H3,(H,24,27)/p+1/t15-,18+/m0/s1. The van der Waals surface area contributed by atoms with Gasteiger partial charge in [-0.1, -0.05) is 18.2 Å². The number of nitrogens with one attached hydrogen (secondary N) is 2. The third kappa shape index (κ3) is 3.87. The van der Waals surface area contributed by atoms with Gasteiger partial charge in [0.1, 0.15) is 6.04 Å². The summed E-state index contributed by atoms with van der Waals surface area (Å²) in [7, 11) is 0. The monoisotopic (exact) mass is 424 g/mol. The van der Waals surface area contributed by atoms with Gasteiger partial charge in [-0.25, -0.2) is 4.98 Å². The molecular weight excluding hydrogens is 398 g/mol. The average Bonchev–Trinajstić information content (AvgIpc) is 3.40. The van der Waals surface area contributed by atoms with Gasteiger partial charge in [-0.3, -0.25) is 4.79 Å². The molecule has 7 heteroatoms. The first kappa shape index (κ1) is 19.3. The van der Waals surface area contributed by atoms with Gasteiger partial charge in [-0.2, -0.15) is 0 Å². The van der Waals surface area contributed by atoms with Gasteiger partial charge >= 0.3 is 0 Å². The van der Waals surface area contributed by atoms with E-state index in [9.17, 15) is 4.79 Å². The molecule has 0 bridgehead atoms. The van der Waals surface area contributed by atoms with Gasteiger partial charge in [-0.15, -0.1) is 11.3 Å². The number of quaternary nitrogens is 1. The van der Waals surface area contributed by atoms with E-state index < -0.39 is 0 Å². The highest BCUT2D eigenvalue weighted by Gasteiger charge is 2.32. The maximum absolute atomic E-state index is 12.9. The van der Waals surface area contributed by atoms with E-state index in [2.05, 4.69) is 23.5 Å². The number of benzene rings is 2. The molecule has 2 aliphatic rings. The third-order valence-electron chi connectivity index (χ3n) is 6.00. The fraction of sp³-hybridized carbons (Fsp3) is 0.391. The summed E-state index contributed by atoms with van der Waals surface area (Å²) in [6.45, 7) is 3.74. The predicted molar refractivity (Wildman–Crippen MR) is 116 cm³/mol. The van der Waals surface area contributed by atoms with Gasteiger partial charge in [0.05, 0.1) is 22.8 Å². The normalized spacial score (nSPS) is 21.5. The van der Waals surface area contributed by atoms with Crippen LogP contribution in [0.25, 0.3) is 10.2 Å². The van der Waals surface area contributed by atoms with Crippen molar-refractivity contribution in [2.45, 2.75) is 38.3 Å². The minimum Gasteiger partial charge on any atom is -0.454 e. The van der Waals surface area contributed by atoms with Gasteiger partial charge in [0.25, 0.3) is 5.91 Å². The molecule has 0 radical (unpaired) electrons. The van der Waals surface area contributed by atoms with Crippen LogP contribution in [0.3, 0.4) is 0 Å². The third-order valence-corrected chi connectivity index (χ3v) is 7.15. The fourth-order valence-electron chi connectivity index (χ4n) is 4.39. The van der Waals surface area contributed by atoms with E-state index in [0.29, 0.717) is 12.6 Å². The lowest BCUT2D eigenvalue weighted by atomic mass is 10.0. The number of carbonyl (C=O) groups excluding carboxylic acids is 1. The number of para-hydroxylation sites is 1. The fourth-order valence-corrected chi connectivity index (χ4v) is 5.55. The maximum atomic E-state index is 12.9. The minimum atomic E-state index is -0.0860. The Kier molecular flexibility index (Phi) is 5.31. The Balaban J connectivity index is 1.26. The average molecular weight is 425 g/mol. The summed E-state index contributed by atoms with van der Waals surface area (Å²) < 4.78 is 12.1. The zero-order chi connectivity index (χ0) is 20.5. The molecule has 1 saturated heterocycles. The summed E-state index contributed by atoms with van der Waals surface area (Å²) in [6, 6.07) is 14.3.